The molecule has 0 unspecified atom stereocenters. The number of carbonyl (C=O) groups excluding carboxylic acids is 1. The van der Waals surface area contributed by atoms with E-state index in [0.717, 1.165) is 48.9 Å². The van der Waals surface area contributed by atoms with E-state index in [1.165, 1.54) is 28.2 Å². The van der Waals surface area contributed by atoms with Crippen molar-refractivity contribution in [2.75, 3.05) is 43.4 Å². The number of hydrogen-bond acceptors (Lipinski definition) is 5. The number of aromatic nitrogens is 1. The van der Waals surface area contributed by atoms with Crippen LogP contribution in [0.25, 0.3) is 10.6 Å². The minimum atomic E-state index is -0.172. The van der Waals surface area contributed by atoms with E-state index in [2.05, 4.69) is 71.3 Å². The second-order valence-corrected chi connectivity index (χ2v) is 8.69. The third kappa shape index (κ3) is 4.55. The minimum absolute atomic E-state index is 0.172. The summed E-state index contributed by atoms with van der Waals surface area (Å²) in [6.07, 6.45) is 1.01. The number of thiazole rings is 1. The summed E-state index contributed by atoms with van der Waals surface area (Å²) >= 11 is 1.50. The molecule has 30 heavy (non-hydrogen) atoms. The van der Waals surface area contributed by atoms with E-state index in [-0.39, 0.29) is 5.91 Å². The number of nitrogens with zero attached hydrogens (tertiary/aromatic N) is 3. The van der Waals surface area contributed by atoms with E-state index in [0.29, 0.717) is 5.69 Å². The smallest absolute Gasteiger partial charge is 0.275 e. The number of hydrogen-bond donors (Lipinski definition) is 1. The Morgan fingerprint density at radius 1 is 1.10 bits per heavy atom. The van der Waals surface area contributed by atoms with Crippen LogP contribution in [0.1, 0.15) is 28.5 Å². The molecule has 1 aromatic heterocycles. The number of likely N-dealkylation sites (N-methyl/N-ethyl adjacent to an activating group) is 1. The Hall–Kier alpha value is -2.70. The minimum Gasteiger partial charge on any atom is -0.369 e. The van der Waals surface area contributed by atoms with Gasteiger partial charge in [0.2, 0.25) is 0 Å². The molecule has 1 N–H and O–H groups in total. The van der Waals surface area contributed by atoms with E-state index in [9.17, 15) is 4.79 Å². The van der Waals surface area contributed by atoms with Crippen LogP contribution < -0.4 is 10.2 Å². The number of amides is 1. The highest BCUT2D eigenvalue weighted by Crippen LogP contribution is 2.27. The summed E-state index contributed by atoms with van der Waals surface area (Å²) in [5.41, 5.74) is 6.01. The van der Waals surface area contributed by atoms with Crippen molar-refractivity contribution < 1.29 is 4.79 Å². The van der Waals surface area contributed by atoms with Crippen molar-refractivity contribution in [2.24, 2.45) is 0 Å². The van der Waals surface area contributed by atoms with Gasteiger partial charge in [-0.05, 0) is 49.7 Å². The summed E-state index contributed by atoms with van der Waals surface area (Å²) in [5.74, 6) is -0.172. The van der Waals surface area contributed by atoms with Gasteiger partial charge >= 0.3 is 0 Å². The van der Waals surface area contributed by atoms with Gasteiger partial charge in [0.25, 0.3) is 5.91 Å². The lowest BCUT2D eigenvalue weighted by Gasteiger charge is -2.35. The van der Waals surface area contributed by atoms with E-state index in [1.807, 2.05) is 17.5 Å². The number of benzene rings is 2. The Kier molecular flexibility index (Phi) is 6.16. The highest BCUT2D eigenvalue weighted by Gasteiger charge is 2.17. The highest BCUT2D eigenvalue weighted by atomic mass is 32.1. The van der Waals surface area contributed by atoms with Gasteiger partial charge in [0.1, 0.15) is 10.7 Å². The van der Waals surface area contributed by atoms with Gasteiger partial charge in [-0.2, -0.15) is 0 Å². The molecule has 1 fully saturated rings. The van der Waals surface area contributed by atoms with Crippen LogP contribution in [0, 0.1) is 6.92 Å². The zero-order valence-corrected chi connectivity index (χ0v) is 18.6. The average molecular weight is 421 g/mol. The second-order valence-electron chi connectivity index (χ2n) is 7.83. The van der Waals surface area contributed by atoms with Crippen molar-refractivity contribution in [1.29, 1.82) is 0 Å². The van der Waals surface area contributed by atoms with Crippen molar-refractivity contribution in [3.63, 3.8) is 0 Å². The van der Waals surface area contributed by atoms with Crippen LogP contribution in [-0.4, -0.2) is 49.0 Å². The molecular formula is C24H28N4OS. The molecule has 1 aliphatic rings. The summed E-state index contributed by atoms with van der Waals surface area (Å²) in [7, 11) is 2.16. The van der Waals surface area contributed by atoms with Gasteiger partial charge in [0, 0.05) is 48.5 Å². The first-order chi connectivity index (χ1) is 14.5. The SMILES string of the molecule is CCc1ccc(-c2nc(C(=O)Nc3ccc(N4CCN(C)CC4)c(C)c3)cs2)cc1. The molecular weight excluding hydrogens is 392 g/mol. The van der Waals surface area contributed by atoms with Gasteiger partial charge in [-0.25, -0.2) is 4.98 Å². The number of anilines is 2. The van der Waals surface area contributed by atoms with Crippen molar-refractivity contribution >= 4 is 28.6 Å². The molecule has 0 spiro atoms. The van der Waals surface area contributed by atoms with Crippen LogP contribution in [0.15, 0.2) is 47.8 Å². The fourth-order valence-electron chi connectivity index (χ4n) is 3.72. The predicted octanol–water partition coefficient (Wildman–Crippen LogP) is 4.69. The van der Waals surface area contributed by atoms with Gasteiger partial charge in [-0.15, -0.1) is 11.3 Å². The average Bonchev–Trinajstić information content (AvgIpc) is 3.25. The largest absolute Gasteiger partial charge is 0.369 e. The Morgan fingerprint density at radius 3 is 2.50 bits per heavy atom. The van der Waals surface area contributed by atoms with Gasteiger partial charge < -0.3 is 15.1 Å². The molecule has 156 valence electrons. The molecule has 6 heteroatoms. The normalized spacial score (nSPS) is 14.7. The fraction of sp³-hybridized carbons (Fsp3) is 0.333. The number of rotatable bonds is 5. The Morgan fingerprint density at radius 2 is 1.83 bits per heavy atom. The first kappa shape index (κ1) is 20.6. The first-order valence-corrected chi connectivity index (χ1v) is 11.3. The Balaban J connectivity index is 1.43. The van der Waals surface area contributed by atoms with Crippen LogP contribution in [-0.2, 0) is 6.42 Å². The molecule has 4 rings (SSSR count). The maximum absolute atomic E-state index is 12.7. The molecule has 1 aliphatic heterocycles. The van der Waals surface area contributed by atoms with Crippen LogP contribution in [0.2, 0.25) is 0 Å². The predicted molar refractivity (Wildman–Crippen MR) is 126 cm³/mol. The van der Waals surface area contributed by atoms with Crippen LogP contribution in [0.3, 0.4) is 0 Å². The maximum Gasteiger partial charge on any atom is 0.275 e. The van der Waals surface area contributed by atoms with Crippen molar-refractivity contribution in [1.82, 2.24) is 9.88 Å². The molecule has 0 saturated carbocycles. The van der Waals surface area contributed by atoms with E-state index in [1.54, 1.807) is 0 Å². The van der Waals surface area contributed by atoms with Gasteiger partial charge in [0.15, 0.2) is 0 Å². The number of carbonyl (C=O) groups is 1. The highest BCUT2D eigenvalue weighted by molar-refractivity contribution is 7.13. The fourth-order valence-corrected chi connectivity index (χ4v) is 4.53. The lowest BCUT2D eigenvalue weighted by Crippen LogP contribution is -2.44. The maximum atomic E-state index is 12.7. The summed E-state index contributed by atoms with van der Waals surface area (Å²) in [6.45, 7) is 8.45. The number of aryl methyl sites for hydroxylation is 2. The molecule has 3 aromatic rings. The van der Waals surface area contributed by atoms with Crippen LogP contribution >= 0.6 is 11.3 Å². The van der Waals surface area contributed by atoms with Crippen LogP contribution in [0.4, 0.5) is 11.4 Å². The molecule has 0 bridgehead atoms. The Bertz CT molecular complexity index is 1020. The third-order valence-electron chi connectivity index (χ3n) is 5.64. The third-order valence-corrected chi connectivity index (χ3v) is 6.54. The van der Waals surface area contributed by atoms with E-state index < -0.39 is 0 Å². The van der Waals surface area contributed by atoms with Gasteiger partial charge in [0.05, 0.1) is 0 Å². The van der Waals surface area contributed by atoms with Crippen molar-refractivity contribution in [3.8, 4) is 10.6 Å². The van der Waals surface area contributed by atoms with Crippen molar-refractivity contribution in [2.45, 2.75) is 20.3 Å². The number of piperazine rings is 1. The summed E-state index contributed by atoms with van der Waals surface area (Å²) in [5, 5.41) is 5.69. The number of nitrogens with one attached hydrogen (secondary N) is 1. The molecule has 0 radical (unpaired) electrons. The zero-order chi connectivity index (χ0) is 21.1. The zero-order valence-electron chi connectivity index (χ0n) is 17.8. The Labute approximate surface area is 182 Å². The summed E-state index contributed by atoms with van der Waals surface area (Å²) < 4.78 is 0. The lowest BCUT2D eigenvalue weighted by molar-refractivity contribution is 0.102. The molecule has 1 saturated heterocycles. The molecule has 5 nitrogen and oxygen atoms in total. The molecule has 0 atom stereocenters. The first-order valence-electron chi connectivity index (χ1n) is 10.4. The quantitative estimate of drug-likeness (QED) is 0.651. The summed E-state index contributed by atoms with van der Waals surface area (Å²) in [6, 6.07) is 14.5. The molecule has 2 aromatic carbocycles. The molecule has 0 aliphatic carbocycles. The second kappa shape index (κ2) is 8.98. The van der Waals surface area contributed by atoms with Gasteiger partial charge in [-0.3, -0.25) is 4.79 Å². The molecule has 2 heterocycles. The topological polar surface area (TPSA) is 48.5 Å². The van der Waals surface area contributed by atoms with Crippen molar-refractivity contribution in [3.05, 3.63) is 64.7 Å². The lowest BCUT2D eigenvalue weighted by atomic mass is 10.1. The molecule has 1 amide bonds. The van der Waals surface area contributed by atoms with Crippen LogP contribution in [0.5, 0.6) is 0 Å². The summed E-state index contributed by atoms with van der Waals surface area (Å²) in [4.78, 5) is 22.0. The van der Waals surface area contributed by atoms with E-state index >= 15 is 0 Å². The monoisotopic (exact) mass is 420 g/mol. The van der Waals surface area contributed by atoms with Gasteiger partial charge in [-0.1, -0.05) is 31.2 Å². The van der Waals surface area contributed by atoms with E-state index in [4.69, 9.17) is 0 Å². The standard InChI is InChI=1S/C24H28N4OS/c1-4-18-5-7-19(8-6-18)24-26-21(16-30-24)23(29)25-20-9-10-22(17(2)15-20)28-13-11-27(3)12-14-28/h5-10,15-16H,4,11-14H2,1-3H3,(H,25,29).